The standard InChI is InChI=1S/C18H19FN4/c1-21-17-9-5-3-7-15(17)20-18(21)23-12-10-22(11-13-23)16-8-4-2-6-14(16)19/h2-9H,10-13H2,1H3. The highest BCUT2D eigenvalue weighted by Gasteiger charge is 2.22. The van der Waals surface area contributed by atoms with Crippen LogP contribution in [0.2, 0.25) is 0 Å². The second kappa shape index (κ2) is 5.57. The summed E-state index contributed by atoms with van der Waals surface area (Å²) in [6, 6.07) is 15.1. The number of halogens is 1. The molecule has 118 valence electrons. The van der Waals surface area contributed by atoms with Crippen molar-refractivity contribution >= 4 is 22.7 Å². The molecule has 1 aliphatic rings. The minimum Gasteiger partial charge on any atom is -0.366 e. The predicted octanol–water partition coefficient (Wildman–Crippen LogP) is 3.04. The van der Waals surface area contributed by atoms with Crippen LogP contribution in [0, 0.1) is 5.82 Å². The smallest absolute Gasteiger partial charge is 0.206 e. The van der Waals surface area contributed by atoms with Crippen molar-refractivity contribution in [3.63, 3.8) is 0 Å². The summed E-state index contributed by atoms with van der Waals surface area (Å²) in [5, 5.41) is 0. The van der Waals surface area contributed by atoms with Crippen LogP contribution in [0.15, 0.2) is 48.5 Å². The number of benzene rings is 2. The van der Waals surface area contributed by atoms with Crippen LogP contribution in [-0.4, -0.2) is 35.7 Å². The lowest BCUT2D eigenvalue weighted by Gasteiger charge is -2.36. The van der Waals surface area contributed by atoms with Crippen molar-refractivity contribution in [2.45, 2.75) is 0 Å². The Labute approximate surface area is 134 Å². The average molecular weight is 310 g/mol. The predicted molar refractivity (Wildman–Crippen MR) is 91.5 cm³/mol. The van der Waals surface area contributed by atoms with Gasteiger partial charge in [-0.2, -0.15) is 0 Å². The van der Waals surface area contributed by atoms with Gasteiger partial charge in [0.2, 0.25) is 5.95 Å². The third-order valence-electron chi connectivity index (χ3n) is 4.52. The molecule has 2 heterocycles. The lowest BCUT2D eigenvalue weighted by atomic mass is 10.2. The molecule has 0 saturated carbocycles. The van der Waals surface area contributed by atoms with E-state index in [4.69, 9.17) is 4.98 Å². The molecule has 0 N–H and O–H groups in total. The second-order valence-electron chi connectivity index (χ2n) is 5.89. The molecule has 1 saturated heterocycles. The van der Waals surface area contributed by atoms with Gasteiger partial charge in [0.1, 0.15) is 5.82 Å². The van der Waals surface area contributed by atoms with E-state index < -0.39 is 0 Å². The molecule has 3 aromatic rings. The van der Waals surface area contributed by atoms with Gasteiger partial charge in [0.15, 0.2) is 0 Å². The van der Waals surface area contributed by atoms with Gasteiger partial charge in [-0.1, -0.05) is 24.3 Å². The SMILES string of the molecule is Cn1c(N2CCN(c3ccccc3F)CC2)nc2ccccc21. The maximum atomic E-state index is 13.9. The van der Waals surface area contributed by atoms with Crippen LogP contribution in [0.25, 0.3) is 11.0 Å². The molecule has 0 bridgehead atoms. The zero-order valence-corrected chi connectivity index (χ0v) is 13.1. The van der Waals surface area contributed by atoms with Crippen molar-refractivity contribution in [3.05, 3.63) is 54.3 Å². The van der Waals surface area contributed by atoms with Crippen molar-refractivity contribution in [2.24, 2.45) is 7.05 Å². The Morgan fingerprint density at radius 1 is 0.870 bits per heavy atom. The van der Waals surface area contributed by atoms with E-state index in [1.54, 1.807) is 6.07 Å². The van der Waals surface area contributed by atoms with Crippen LogP contribution in [0.1, 0.15) is 0 Å². The van der Waals surface area contributed by atoms with E-state index in [0.29, 0.717) is 5.69 Å². The van der Waals surface area contributed by atoms with Crippen LogP contribution in [0.4, 0.5) is 16.0 Å². The van der Waals surface area contributed by atoms with Gasteiger partial charge in [-0.3, -0.25) is 0 Å². The van der Waals surface area contributed by atoms with Crippen molar-refractivity contribution in [1.82, 2.24) is 9.55 Å². The number of para-hydroxylation sites is 3. The summed E-state index contributed by atoms with van der Waals surface area (Å²) >= 11 is 0. The average Bonchev–Trinajstić information content (AvgIpc) is 2.93. The number of aryl methyl sites for hydroxylation is 1. The first-order valence-electron chi connectivity index (χ1n) is 7.90. The van der Waals surface area contributed by atoms with E-state index in [2.05, 4.69) is 20.4 Å². The summed E-state index contributed by atoms with van der Waals surface area (Å²) in [7, 11) is 2.05. The first-order chi connectivity index (χ1) is 11.2. The number of rotatable bonds is 2. The van der Waals surface area contributed by atoms with Crippen LogP contribution >= 0.6 is 0 Å². The van der Waals surface area contributed by atoms with Gasteiger partial charge in [-0.15, -0.1) is 0 Å². The van der Waals surface area contributed by atoms with E-state index in [9.17, 15) is 4.39 Å². The molecule has 0 spiro atoms. The second-order valence-corrected chi connectivity index (χ2v) is 5.89. The molecule has 1 aliphatic heterocycles. The number of nitrogens with zero attached hydrogens (tertiary/aromatic N) is 4. The fourth-order valence-electron chi connectivity index (χ4n) is 3.27. The molecule has 0 atom stereocenters. The van der Waals surface area contributed by atoms with E-state index in [1.807, 2.05) is 37.4 Å². The summed E-state index contributed by atoms with van der Waals surface area (Å²) in [6.07, 6.45) is 0. The largest absolute Gasteiger partial charge is 0.366 e. The first-order valence-corrected chi connectivity index (χ1v) is 7.90. The molecule has 1 fully saturated rings. The third-order valence-corrected chi connectivity index (χ3v) is 4.52. The first kappa shape index (κ1) is 14.1. The maximum absolute atomic E-state index is 13.9. The zero-order valence-electron chi connectivity index (χ0n) is 13.1. The molecule has 0 unspecified atom stereocenters. The Balaban J connectivity index is 1.55. The van der Waals surface area contributed by atoms with Crippen molar-refractivity contribution < 1.29 is 4.39 Å². The molecule has 2 aromatic carbocycles. The fraction of sp³-hybridized carbons (Fsp3) is 0.278. The number of hydrogen-bond acceptors (Lipinski definition) is 3. The quantitative estimate of drug-likeness (QED) is 0.727. The number of piperazine rings is 1. The molecule has 0 aliphatic carbocycles. The Morgan fingerprint density at radius 3 is 2.26 bits per heavy atom. The summed E-state index contributed by atoms with van der Waals surface area (Å²) in [6.45, 7) is 3.27. The van der Waals surface area contributed by atoms with Crippen LogP contribution < -0.4 is 9.80 Å². The monoisotopic (exact) mass is 310 g/mol. The Hall–Kier alpha value is -2.56. The molecule has 5 heteroatoms. The van der Waals surface area contributed by atoms with Gasteiger partial charge in [-0.05, 0) is 24.3 Å². The normalized spacial score (nSPS) is 15.4. The lowest BCUT2D eigenvalue weighted by Crippen LogP contribution is -2.47. The van der Waals surface area contributed by atoms with Gasteiger partial charge >= 0.3 is 0 Å². The number of anilines is 2. The summed E-state index contributed by atoms with van der Waals surface area (Å²) in [4.78, 5) is 9.13. The van der Waals surface area contributed by atoms with E-state index in [1.165, 1.54) is 6.07 Å². The minimum atomic E-state index is -0.149. The molecule has 0 amide bonds. The fourth-order valence-corrected chi connectivity index (χ4v) is 3.27. The van der Waals surface area contributed by atoms with Crippen LogP contribution in [0.5, 0.6) is 0 Å². The van der Waals surface area contributed by atoms with E-state index in [0.717, 1.165) is 43.2 Å². The topological polar surface area (TPSA) is 24.3 Å². The van der Waals surface area contributed by atoms with Crippen molar-refractivity contribution in [1.29, 1.82) is 0 Å². The zero-order chi connectivity index (χ0) is 15.8. The summed E-state index contributed by atoms with van der Waals surface area (Å²) in [5.41, 5.74) is 2.85. The molecule has 0 radical (unpaired) electrons. The molecular weight excluding hydrogens is 291 g/mol. The maximum Gasteiger partial charge on any atom is 0.206 e. The Kier molecular flexibility index (Phi) is 3.41. The van der Waals surface area contributed by atoms with E-state index in [-0.39, 0.29) is 5.82 Å². The number of imidazole rings is 1. The van der Waals surface area contributed by atoms with Gasteiger partial charge in [-0.25, -0.2) is 9.37 Å². The third kappa shape index (κ3) is 2.42. The summed E-state index contributed by atoms with van der Waals surface area (Å²) in [5.74, 6) is 0.836. The lowest BCUT2D eigenvalue weighted by molar-refractivity contribution is 0.591. The van der Waals surface area contributed by atoms with Gasteiger partial charge in [0, 0.05) is 33.2 Å². The van der Waals surface area contributed by atoms with Crippen LogP contribution in [-0.2, 0) is 7.05 Å². The van der Waals surface area contributed by atoms with Gasteiger partial charge in [0.05, 0.1) is 16.7 Å². The Bertz CT molecular complexity index is 834. The number of aromatic nitrogens is 2. The van der Waals surface area contributed by atoms with Crippen molar-refractivity contribution in [3.8, 4) is 0 Å². The highest BCUT2D eigenvalue weighted by atomic mass is 19.1. The number of fused-ring (bicyclic) bond motifs is 1. The Morgan fingerprint density at radius 2 is 1.52 bits per heavy atom. The van der Waals surface area contributed by atoms with Gasteiger partial charge in [0.25, 0.3) is 0 Å². The van der Waals surface area contributed by atoms with Crippen LogP contribution in [0.3, 0.4) is 0 Å². The highest BCUT2D eigenvalue weighted by molar-refractivity contribution is 5.78. The highest BCUT2D eigenvalue weighted by Crippen LogP contribution is 2.24. The van der Waals surface area contributed by atoms with Crippen molar-refractivity contribution in [2.75, 3.05) is 36.0 Å². The van der Waals surface area contributed by atoms with E-state index >= 15 is 0 Å². The molecule has 4 rings (SSSR count). The molecule has 4 nitrogen and oxygen atoms in total. The molecule has 1 aromatic heterocycles. The van der Waals surface area contributed by atoms with Gasteiger partial charge < -0.3 is 14.4 Å². The minimum absolute atomic E-state index is 0.149. The molecule has 23 heavy (non-hydrogen) atoms. The number of hydrogen-bond donors (Lipinski definition) is 0. The summed E-state index contributed by atoms with van der Waals surface area (Å²) < 4.78 is 16.1. The molecular formula is C18H19FN4.